The van der Waals surface area contributed by atoms with Gasteiger partial charge < -0.3 is 15.8 Å². The highest BCUT2D eigenvalue weighted by atomic mass is 79.9. The largest absolute Gasteiger partial charge is 0.380 e. The van der Waals surface area contributed by atoms with E-state index in [-0.39, 0.29) is 18.3 Å². The molecule has 130 valence electrons. The fourth-order valence-corrected chi connectivity index (χ4v) is 2.55. The Morgan fingerprint density at radius 2 is 1.83 bits per heavy atom. The Labute approximate surface area is 157 Å². The van der Waals surface area contributed by atoms with E-state index >= 15 is 0 Å². The number of hydrogen-bond donors (Lipinski definition) is 2. The Hall–Kier alpha value is -1.40. The van der Waals surface area contributed by atoms with Gasteiger partial charge in [0.2, 0.25) is 5.91 Å². The van der Waals surface area contributed by atoms with Crippen molar-refractivity contribution >= 4 is 34.2 Å². The molecular formula is C18H22BrClN2O2. The van der Waals surface area contributed by atoms with E-state index in [9.17, 15) is 4.79 Å². The molecule has 0 heterocycles. The first-order valence-corrected chi connectivity index (χ1v) is 8.13. The Bertz CT molecular complexity index is 675. The van der Waals surface area contributed by atoms with Gasteiger partial charge in [0.15, 0.2) is 0 Å². The summed E-state index contributed by atoms with van der Waals surface area (Å²) in [5.41, 5.74) is 8.00. The van der Waals surface area contributed by atoms with Crippen LogP contribution in [0, 0.1) is 0 Å². The summed E-state index contributed by atoms with van der Waals surface area (Å²) < 4.78 is 6.07. The van der Waals surface area contributed by atoms with Gasteiger partial charge in [-0.15, -0.1) is 12.4 Å². The molecule has 4 nitrogen and oxygen atoms in total. The molecule has 1 unspecified atom stereocenters. The maximum atomic E-state index is 12.5. The second-order valence-electron chi connectivity index (χ2n) is 5.64. The van der Waals surface area contributed by atoms with E-state index in [0.29, 0.717) is 13.2 Å². The summed E-state index contributed by atoms with van der Waals surface area (Å²) in [4.78, 5) is 12.5. The van der Waals surface area contributed by atoms with Crippen LogP contribution in [0.25, 0.3) is 0 Å². The first kappa shape index (κ1) is 20.6. The Morgan fingerprint density at radius 3 is 2.46 bits per heavy atom. The van der Waals surface area contributed by atoms with Gasteiger partial charge in [-0.1, -0.05) is 52.3 Å². The molecular weight excluding hydrogens is 392 g/mol. The van der Waals surface area contributed by atoms with Gasteiger partial charge in [0.25, 0.3) is 0 Å². The average Bonchev–Trinajstić information content (AvgIpc) is 2.53. The van der Waals surface area contributed by atoms with E-state index < -0.39 is 5.54 Å². The number of methoxy groups -OCH3 is 1. The van der Waals surface area contributed by atoms with Crippen molar-refractivity contribution in [3.63, 3.8) is 0 Å². The van der Waals surface area contributed by atoms with E-state index in [0.717, 1.165) is 21.2 Å². The van der Waals surface area contributed by atoms with Gasteiger partial charge in [-0.3, -0.25) is 4.79 Å². The second kappa shape index (κ2) is 9.18. The second-order valence-corrected chi connectivity index (χ2v) is 6.56. The first-order valence-electron chi connectivity index (χ1n) is 7.33. The molecule has 1 amide bonds. The molecule has 0 aliphatic carbocycles. The number of nitrogens with two attached hydrogens (primary N) is 1. The number of rotatable bonds is 6. The van der Waals surface area contributed by atoms with Crippen molar-refractivity contribution in [1.82, 2.24) is 5.32 Å². The minimum atomic E-state index is -1.08. The van der Waals surface area contributed by atoms with Crippen molar-refractivity contribution in [2.75, 3.05) is 7.11 Å². The van der Waals surface area contributed by atoms with Crippen molar-refractivity contribution < 1.29 is 9.53 Å². The summed E-state index contributed by atoms with van der Waals surface area (Å²) in [6.45, 7) is 2.70. The number of carbonyl (C=O) groups is 1. The number of benzene rings is 2. The van der Waals surface area contributed by atoms with Gasteiger partial charge in [0, 0.05) is 18.1 Å². The van der Waals surface area contributed by atoms with Crippen LogP contribution in [0.2, 0.25) is 0 Å². The highest BCUT2D eigenvalue weighted by Crippen LogP contribution is 2.20. The fraction of sp³-hybridized carbons (Fsp3) is 0.278. The van der Waals surface area contributed by atoms with Crippen molar-refractivity contribution in [1.29, 1.82) is 0 Å². The summed E-state index contributed by atoms with van der Waals surface area (Å²) >= 11 is 3.38. The molecule has 1 atom stereocenters. The van der Waals surface area contributed by atoms with Crippen LogP contribution in [-0.4, -0.2) is 13.0 Å². The third-order valence-corrected chi connectivity index (χ3v) is 4.20. The molecule has 2 aromatic rings. The molecule has 0 radical (unpaired) electrons. The highest BCUT2D eigenvalue weighted by Gasteiger charge is 2.30. The molecule has 0 bridgehead atoms. The molecule has 2 aromatic carbocycles. The zero-order valence-electron chi connectivity index (χ0n) is 13.7. The smallest absolute Gasteiger partial charge is 0.244 e. The number of ether oxygens (including phenoxy) is 1. The number of halogens is 2. The summed E-state index contributed by atoms with van der Waals surface area (Å²) in [7, 11) is 1.66. The molecule has 0 saturated heterocycles. The lowest BCUT2D eigenvalue weighted by molar-refractivity contribution is -0.126. The maximum Gasteiger partial charge on any atom is 0.244 e. The first-order chi connectivity index (χ1) is 10.9. The number of nitrogens with one attached hydrogen (secondary N) is 1. The van der Waals surface area contributed by atoms with Crippen LogP contribution < -0.4 is 11.1 Å². The molecule has 2 rings (SSSR count). The predicted molar refractivity (Wildman–Crippen MR) is 102 cm³/mol. The van der Waals surface area contributed by atoms with Crippen LogP contribution in [0.5, 0.6) is 0 Å². The lowest BCUT2D eigenvalue weighted by Gasteiger charge is -2.24. The number of amides is 1. The molecule has 0 aliphatic rings. The average molecular weight is 414 g/mol. The van der Waals surface area contributed by atoms with Crippen LogP contribution in [0.15, 0.2) is 53.0 Å². The van der Waals surface area contributed by atoms with Crippen molar-refractivity contribution in [2.24, 2.45) is 5.73 Å². The normalized spacial score (nSPS) is 12.8. The highest BCUT2D eigenvalue weighted by molar-refractivity contribution is 9.10. The topological polar surface area (TPSA) is 64.3 Å². The monoisotopic (exact) mass is 412 g/mol. The van der Waals surface area contributed by atoms with Gasteiger partial charge in [0.1, 0.15) is 5.54 Å². The third-order valence-electron chi connectivity index (χ3n) is 3.67. The molecule has 0 fully saturated rings. The van der Waals surface area contributed by atoms with Gasteiger partial charge >= 0.3 is 0 Å². The Morgan fingerprint density at radius 1 is 1.21 bits per heavy atom. The zero-order valence-corrected chi connectivity index (χ0v) is 16.1. The zero-order chi connectivity index (χ0) is 16.9. The van der Waals surface area contributed by atoms with Gasteiger partial charge in [-0.2, -0.15) is 0 Å². The van der Waals surface area contributed by atoms with Crippen LogP contribution in [-0.2, 0) is 28.2 Å². The van der Waals surface area contributed by atoms with Crippen LogP contribution >= 0.6 is 28.3 Å². The van der Waals surface area contributed by atoms with Gasteiger partial charge in [0.05, 0.1) is 6.61 Å². The predicted octanol–water partition coefficient (Wildman–Crippen LogP) is 3.51. The summed E-state index contributed by atoms with van der Waals surface area (Å²) in [6.07, 6.45) is 0. The molecule has 0 aromatic heterocycles. The van der Waals surface area contributed by atoms with Crippen LogP contribution in [0.1, 0.15) is 23.6 Å². The van der Waals surface area contributed by atoms with Crippen molar-refractivity contribution in [2.45, 2.75) is 25.6 Å². The summed E-state index contributed by atoms with van der Waals surface area (Å²) in [5, 5.41) is 2.91. The minimum Gasteiger partial charge on any atom is -0.380 e. The Kier molecular flexibility index (Phi) is 7.90. The molecule has 0 saturated carbocycles. The van der Waals surface area contributed by atoms with Crippen molar-refractivity contribution in [3.05, 3.63) is 69.7 Å². The third kappa shape index (κ3) is 5.31. The fourth-order valence-electron chi connectivity index (χ4n) is 2.29. The maximum absolute atomic E-state index is 12.5. The van der Waals surface area contributed by atoms with Crippen LogP contribution in [0.3, 0.4) is 0 Å². The quantitative estimate of drug-likeness (QED) is 0.762. The standard InChI is InChI=1S/C18H21BrN2O2.ClH/c1-18(20,15-6-8-16(19)9-7-15)17(22)21-11-13-4-3-5-14(10-13)12-23-2;/h3-10H,11-12,20H2,1-2H3,(H,21,22);1H. The minimum absolute atomic E-state index is 0. The molecule has 0 aliphatic heterocycles. The van der Waals surface area contributed by atoms with E-state index in [4.69, 9.17) is 10.5 Å². The summed E-state index contributed by atoms with van der Waals surface area (Å²) in [5.74, 6) is -0.211. The van der Waals surface area contributed by atoms with E-state index in [1.165, 1.54) is 0 Å². The molecule has 24 heavy (non-hydrogen) atoms. The van der Waals surface area contributed by atoms with E-state index in [1.54, 1.807) is 14.0 Å². The van der Waals surface area contributed by atoms with E-state index in [2.05, 4.69) is 21.2 Å². The molecule has 3 N–H and O–H groups in total. The lowest BCUT2D eigenvalue weighted by atomic mass is 9.92. The molecule has 6 heteroatoms. The van der Waals surface area contributed by atoms with Gasteiger partial charge in [-0.25, -0.2) is 0 Å². The van der Waals surface area contributed by atoms with Gasteiger partial charge in [-0.05, 0) is 35.7 Å². The molecule has 0 spiro atoms. The number of hydrogen-bond acceptors (Lipinski definition) is 3. The van der Waals surface area contributed by atoms with Crippen molar-refractivity contribution in [3.8, 4) is 0 Å². The van der Waals surface area contributed by atoms with E-state index in [1.807, 2.05) is 48.5 Å². The lowest BCUT2D eigenvalue weighted by Crippen LogP contribution is -2.48. The SMILES string of the molecule is COCc1cccc(CNC(=O)C(C)(N)c2ccc(Br)cc2)c1.Cl. The summed E-state index contributed by atoms with van der Waals surface area (Å²) in [6, 6.07) is 15.4. The number of carbonyl (C=O) groups excluding carboxylic acids is 1. The van der Waals surface area contributed by atoms with Crippen LogP contribution in [0.4, 0.5) is 0 Å². The Balaban J connectivity index is 0.00000288.